The molecule has 18 nitrogen and oxygen atoms in total. The van der Waals surface area contributed by atoms with Gasteiger partial charge in [0.15, 0.2) is 5.96 Å². The van der Waals surface area contributed by atoms with Crippen molar-refractivity contribution in [1.29, 1.82) is 0 Å². The lowest BCUT2D eigenvalue weighted by molar-refractivity contribution is -0.142. The molecule has 6 rings (SSSR count). The lowest BCUT2D eigenvalue weighted by atomic mass is 9.84. The number of guanidine groups is 1. The third-order valence-electron chi connectivity index (χ3n) is 12.7. The molecule has 18 heteroatoms. The molecule has 1 saturated carbocycles. The Morgan fingerprint density at radius 3 is 2.28 bits per heavy atom. The van der Waals surface area contributed by atoms with Gasteiger partial charge in [-0.1, -0.05) is 80.6 Å². The first-order valence-electron chi connectivity index (χ1n) is 23.1. The van der Waals surface area contributed by atoms with Gasteiger partial charge in [0.25, 0.3) is 0 Å². The van der Waals surface area contributed by atoms with Crippen molar-refractivity contribution in [2.75, 3.05) is 26.2 Å². The van der Waals surface area contributed by atoms with Gasteiger partial charge in [-0.15, -0.1) is 0 Å². The predicted molar refractivity (Wildman–Crippen MR) is 244 cm³/mol. The van der Waals surface area contributed by atoms with E-state index < -0.39 is 77.6 Å². The van der Waals surface area contributed by atoms with E-state index in [4.69, 9.17) is 11.5 Å². The first-order valence-corrected chi connectivity index (χ1v) is 23.1. The Bertz CT molecular complexity index is 2190. The molecule has 65 heavy (non-hydrogen) atoms. The van der Waals surface area contributed by atoms with Crippen LogP contribution in [-0.2, 0) is 40.0 Å². The maximum Gasteiger partial charge on any atom is 0.245 e. The van der Waals surface area contributed by atoms with Crippen LogP contribution in [0.3, 0.4) is 0 Å². The molecule has 6 atom stereocenters. The lowest BCUT2D eigenvalue weighted by Gasteiger charge is -2.32. The number of rotatable bonds is 13. The summed E-state index contributed by atoms with van der Waals surface area (Å²) in [5.41, 5.74) is 12.7. The Kier molecular flexibility index (Phi) is 17.4. The van der Waals surface area contributed by atoms with Gasteiger partial charge in [0.1, 0.15) is 36.3 Å². The molecular weight excluding hydrogens is 831 g/mol. The number of nitrogens with two attached hydrogens (primary N) is 2. The first-order chi connectivity index (χ1) is 31.4. The molecule has 3 aliphatic heterocycles. The van der Waals surface area contributed by atoms with Gasteiger partial charge >= 0.3 is 0 Å². The molecule has 1 aliphatic carbocycles. The molecule has 10 N–H and O–H groups in total. The van der Waals surface area contributed by atoms with Gasteiger partial charge in [0.2, 0.25) is 41.4 Å². The van der Waals surface area contributed by atoms with Crippen molar-refractivity contribution < 1.29 is 33.6 Å². The number of amides is 7. The number of aliphatic imine (C=N–C) groups is 1. The van der Waals surface area contributed by atoms with E-state index in [0.29, 0.717) is 32.2 Å². The minimum absolute atomic E-state index is 0.0705. The Morgan fingerprint density at radius 1 is 0.815 bits per heavy atom. The number of carbonyl (C=O) groups excluding carboxylic acids is 7. The summed E-state index contributed by atoms with van der Waals surface area (Å²) in [4.78, 5) is 108. The highest BCUT2D eigenvalue weighted by molar-refractivity contribution is 5.97. The fraction of sp³-hybridized carbons (Fsp3) is 0.553. The van der Waals surface area contributed by atoms with Crippen molar-refractivity contribution in [3.05, 3.63) is 70.7 Å². The SMILES string of the molecule is CC(=O)N[C@H](Cc1ccccc1)C(=O)N[C@@H]1CCCNC(=O)[C@H](CCCN=C(N)N)NC(=O)[C@H](CC2=c3ccccc3=NC2)NC(=O)[C@H](CC2CCCCC2)NC(=O)[C@@H]2CCCN2C1=O. The van der Waals surface area contributed by atoms with Crippen LogP contribution >= 0.6 is 0 Å². The Morgan fingerprint density at radius 2 is 1.52 bits per heavy atom. The number of nitrogens with one attached hydrogen (secondary N) is 6. The second kappa shape index (κ2) is 23.6. The molecule has 350 valence electrons. The molecule has 3 fully saturated rings. The summed E-state index contributed by atoms with van der Waals surface area (Å²) < 4.78 is 0. The topological polar surface area (TPSA) is 272 Å². The first kappa shape index (κ1) is 48.1. The van der Waals surface area contributed by atoms with Gasteiger partial charge < -0.3 is 48.3 Å². The monoisotopic (exact) mass is 896 g/mol. The van der Waals surface area contributed by atoms with Gasteiger partial charge in [-0.3, -0.25) is 43.5 Å². The summed E-state index contributed by atoms with van der Waals surface area (Å²) in [6, 6.07) is 10.5. The molecule has 2 saturated heterocycles. The van der Waals surface area contributed by atoms with E-state index in [1.807, 2.05) is 54.6 Å². The summed E-state index contributed by atoms with van der Waals surface area (Å²) >= 11 is 0. The zero-order valence-corrected chi connectivity index (χ0v) is 37.3. The van der Waals surface area contributed by atoms with Crippen molar-refractivity contribution in [2.24, 2.45) is 27.4 Å². The van der Waals surface area contributed by atoms with E-state index in [1.165, 1.54) is 11.8 Å². The van der Waals surface area contributed by atoms with E-state index in [2.05, 4.69) is 41.9 Å². The van der Waals surface area contributed by atoms with Crippen LogP contribution < -0.4 is 53.9 Å². The molecule has 3 heterocycles. The van der Waals surface area contributed by atoms with Crippen LogP contribution in [-0.4, -0.2) is 115 Å². The second-order valence-corrected chi connectivity index (χ2v) is 17.6. The highest BCUT2D eigenvalue weighted by Gasteiger charge is 2.40. The maximum absolute atomic E-state index is 14.6. The number of carbonyl (C=O) groups is 7. The molecule has 0 unspecified atom stereocenters. The third kappa shape index (κ3) is 13.8. The summed E-state index contributed by atoms with van der Waals surface area (Å²) in [7, 11) is 0. The van der Waals surface area contributed by atoms with E-state index in [1.54, 1.807) is 0 Å². The van der Waals surface area contributed by atoms with Crippen LogP contribution in [0.2, 0.25) is 0 Å². The summed E-state index contributed by atoms with van der Waals surface area (Å²) in [6.07, 6.45) is 7.12. The van der Waals surface area contributed by atoms with Crippen molar-refractivity contribution in [1.82, 2.24) is 36.8 Å². The molecule has 0 spiro atoms. The predicted octanol–water partition coefficient (Wildman–Crippen LogP) is -0.528. The third-order valence-corrected chi connectivity index (χ3v) is 12.7. The Balaban J connectivity index is 1.31. The number of fused-ring (bicyclic) bond motifs is 2. The van der Waals surface area contributed by atoms with Gasteiger partial charge in [-0.2, -0.15) is 0 Å². The largest absolute Gasteiger partial charge is 0.370 e. The standard InChI is InChI=1S/C47H65N11O7/c1-29(59)53-37(25-30-13-4-2-5-14-30)42(61)55-36-20-11-22-50-41(60)35(19-10-23-51-47(48)49)54-44(63)39(27-32-28-52-34-18-9-8-17-33(32)34)56-43(62)38(26-31-15-6-3-7-16-31)57-45(64)40-21-12-24-58(40)46(36)65/h2,4-5,8-9,13-14,17-18,31,35-40H,3,6-7,10-12,15-16,19-28H2,1H3,(H,50,60)(H,53,59)(H,54,63)(H,55,61)(H,56,62)(H,57,64)(H4,48,49,51)/t35-,36+,37+,38-,39-,40-/m0/s1. The normalized spacial score (nSPS) is 24.1. The fourth-order valence-electron chi connectivity index (χ4n) is 9.36. The molecule has 0 radical (unpaired) electrons. The number of hydrogen-bond acceptors (Lipinski definition) is 9. The van der Waals surface area contributed by atoms with Crippen molar-refractivity contribution in [3.8, 4) is 0 Å². The zero-order valence-electron chi connectivity index (χ0n) is 37.3. The highest BCUT2D eigenvalue weighted by Crippen LogP contribution is 2.28. The van der Waals surface area contributed by atoms with Gasteiger partial charge in [-0.25, -0.2) is 0 Å². The highest BCUT2D eigenvalue weighted by atomic mass is 16.2. The zero-order chi connectivity index (χ0) is 46.3. The average Bonchev–Trinajstić information content (AvgIpc) is 3.95. The van der Waals surface area contributed by atoms with Crippen molar-refractivity contribution >= 4 is 52.9 Å². The minimum Gasteiger partial charge on any atom is -0.370 e. The molecular formula is C47H65N11O7. The quantitative estimate of drug-likeness (QED) is 0.0729. The summed E-state index contributed by atoms with van der Waals surface area (Å²) in [6.45, 7) is 2.16. The second-order valence-electron chi connectivity index (χ2n) is 17.6. The summed E-state index contributed by atoms with van der Waals surface area (Å²) in [5.74, 6) is -3.58. The minimum atomic E-state index is -1.13. The van der Waals surface area contributed by atoms with E-state index >= 15 is 0 Å². The molecule has 2 aromatic rings. The fourth-order valence-corrected chi connectivity index (χ4v) is 9.36. The molecule has 2 aromatic carbocycles. The van der Waals surface area contributed by atoms with Gasteiger partial charge in [-0.05, 0) is 68.1 Å². The molecule has 0 bridgehead atoms. The van der Waals surface area contributed by atoms with Crippen LogP contribution in [0.15, 0.2) is 64.6 Å². The number of benzene rings is 2. The van der Waals surface area contributed by atoms with E-state index in [9.17, 15) is 33.6 Å². The van der Waals surface area contributed by atoms with Crippen LogP contribution in [0.5, 0.6) is 0 Å². The van der Waals surface area contributed by atoms with Gasteiger partial charge in [0, 0.05) is 44.6 Å². The number of nitrogens with zero attached hydrogens (tertiary/aromatic N) is 3. The number of hydrogen-bond donors (Lipinski definition) is 8. The van der Waals surface area contributed by atoms with E-state index in [-0.39, 0.29) is 63.6 Å². The molecule has 4 aliphatic rings. The van der Waals surface area contributed by atoms with Crippen LogP contribution in [0.4, 0.5) is 0 Å². The molecule has 7 amide bonds. The average molecular weight is 896 g/mol. The van der Waals surface area contributed by atoms with E-state index in [0.717, 1.165) is 53.8 Å². The van der Waals surface area contributed by atoms with Crippen LogP contribution in [0, 0.1) is 5.92 Å². The maximum atomic E-state index is 14.6. The van der Waals surface area contributed by atoms with Crippen molar-refractivity contribution in [3.63, 3.8) is 0 Å². The number of para-hydroxylation sites is 1. The lowest BCUT2D eigenvalue weighted by Crippen LogP contribution is -2.60. The Hall–Kier alpha value is -6.33. The van der Waals surface area contributed by atoms with Gasteiger partial charge in [0.05, 0.1) is 11.9 Å². The van der Waals surface area contributed by atoms with Crippen LogP contribution in [0.25, 0.3) is 5.57 Å². The molecule has 0 aromatic heterocycles. The summed E-state index contributed by atoms with van der Waals surface area (Å²) in [5, 5.41) is 19.0. The Labute approximate surface area is 379 Å². The van der Waals surface area contributed by atoms with Crippen LogP contribution in [0.1, 0.15) is 96.0 Å². The smallest absolute Gasteiger partial charge is 0.245 e. The van der Waals surface area contributed by atoms with Crippen molar-refractivity contribution in [2.45, 2.75) is 133 Å².